The lowest BCUT2D eigenvalue weighted by atomic mass is 9.76. The highest BCUT2D eigenvalue weighted by Gasteiger charge is 2.26. The molecule has 8 nitrogen and oxygen atoms in total. The molecule has 36 heavy (non-hydrogen) atoms. The van der Waals surface area contributed by atoms with Crippen LogP contribution in [0.4, 0.5) is 11.4 Å². The minimum Gasteiger partial charge on any atom is -0.466 e. The van der Waals surface area contributed by atoms with Gasteiger partial charge in [-0.3, -0.25) is 4.79 Å². The molecule has 1 aliphatic heterocycles. The first-order valence-electron chi connectivity index (χ1n) is 13.3. The monoisotopic (exact) mass is 498 g/mol. The van der Waals surface area contributed by atoms with Crippen LogP contribution in [-0.4, -0.2) is 36.8 Å². The number of hydrogen-bond donors (Lipinski definition) is 2. The molecule has 2 aliphatic carbocycles. The van der Waals surface area contributed by atoms with Crippen LogP contribution >= 0.6 is 0 Å². The molecule has 3 fully saturated rings. The highest BCUT2D eigenvalue weighted by Crippen LogP contribution is 2.36. The lowest BCUT2D eigenvalue weighted by Gasteiger charge is -2.31. The number of aliphatic imine (C=N–C) groups is 2. The Morgan fingerprint density at radius 1 is 0.861 bits per heavy atom. The van der Waals surface area contributed by atoms with E-state index in [9.17, 15) is 14.4 Å². The van der Waals surface area contributed by atoms with Crippen molar-refractivity contribution in [3.05, 3.63) is 23.8 Å². The molecule has 0 amide bonds. The third-order valence-corrected chi connectivity index (χ3v) is 7.35. The van der Waals surface area contributed by atoms with Gasteiger partial charge in [-0.25, -0.2) is 19.6 Å². The number of hydrogen-bond acceptors (Lipinski definition) is 8. The van der Waals surface area contributed by atoms with Crippen molar-refractivity contribution < 1.29 is 19.1 Å². The van der Waals surface area contributed by atoms with Crippen molar-refractivity contribution in [2.75, 3.05) is 18.1 Å². The maximum absolute atomic E-state index is 10.5. The van der Waals surface area contributed by atoms with Crippen LogP contribution in [0.15, 0.2) is 28.2 Å². The number of anilines is 2. The maximum atomic E-state index is 10.5. The molecule has 198 valence electrons. The molecular weight excluding hydrogens is 456 g/mol. The zero-order chi connectivity index (χ0) is 26.2. The zero-order valence-corrected chi connectivity index (χ0v) is 21.6. The van der Waals surface area contributed by atoms with Gasteiger partial charge in [0.05, 0.1) is 18.7 Å². The second-order valence-corrected chi connectivity index (χ2v) is 10.2. The molecule has 1 aromatic rings. The smallest absolute Gasteiger partial charge is 0.305 e. The summed E-state index contributed by atoms with van der Waals surface area (Å²) in [5.41, 5.74) is 13.6. The summed E-state index contributed by atoms with van der Waals surface area (Å²) in [6.45, 7) is 2.57. The van der Waals surface area contributed by atoms with E-state index in [0.29, 0.717) is 13.0 Å². The number of esters is 1. The number of carbonyl (C=O) groups is 1. The van der Waals surface area contributed by atoms with Gasteiger partial charge in [0.1, 0.15) is 0 Å². The van der Waals surface area contributed by atoms with Crippen LogP contribution in [0.5, 0.6) is 0 Å². The number of nitrogens with zero attached hydrogens (tertiary/aromatic N) is 2. The molecule has 2 saturated carbocycles. The van der Waals surface area contributed by atoms with E-state index in [0.717, 1.165) is 73.7 Å². The molecule has 3 aliphatic rings. The summed E-state index contributed by atoms with van der Waals surface area (Å²) in [6.07, 6.45) is 17.5. The summed E-state index contributed by atoms with van der Waals surface area (Å²) in [5.74, 6) is 1.57. The first-order chi connectivity index (χ1) is 17.4. The summed E-state index contributed by atoms with van der Waals surface area (Å²) in [4.78, 5) is 38.6. The van der Waals surface area contributed by atoms with E-state index in [1.165, 1.54) is 32.1 Å². The van der Waals surface area contributed by atoms with Crippen molar-refractivity contribution in [1.29, 1.82) is 0 Å². The molecule has 1 aromatic carbocycles. The number of cyclic esters (lactones) is 1. The van der Waals surface area contributed by atoms with Gasteiger partial charge in [-0.2, -0.15) is 0 Å². The predicted octanol–water partition coefficient (Wildman–Crippen LogP) is 5.43. The number of aryl methyl sites for hydroxylation is 1. The number of isocyanates is 2. The molecule has 1 heterocycles. The van der Waals surface area contributed by atoms with Crippen LogP contribution in [0.2, 0.25) is 0 Å². The normalized spacial score (nSPS) is 25.6. The minimum atomic E-state index is -0.0255. The lowest BCUT2D eigenvalue weighted by Crippen LogP contribution is -2.23. The summed E-state index contributed by atoms with van der Waals surface area (Å²) in [5, 5.41) is 0. The van der Waals surface area contributed by atoms with Crippen LogP contribution in [0, 0.1) is 18.8 Å². The highest BCUT2D eigenvalue weighted by molar-refractivity contribution is 5.69. The number of nitrogens with two attached hydrogens (primary N) is 2. The van der Waals surface area contributed by atoms with Crippen molar-refractivity contribution >= 4 is 29.5 Å². The minimum absolute atomic E-state index is 0.0255. The van der Waals surface area contributed by atoms with Gasteiger partial charge >= 0.3 is 5.97 Å². The van der Waals surface area contributed by atoms with E-state index in [1.54, 1.807) is 18.2 Å². The first kappa shape index (κ1) is 29.3. The third kappa shape index (κ3) is 11.7. The van der Waals surface area contributed by atoms with Crippen LogP contribution in [0.25, 0.3) is 0 Å². The van der Waals surface area contributed by atoms with E-state index in [-0.39, 0.29) is 18.1 Å². The van der Waals surface area contributed by atoms with E-state index in [4.69, 9.17) is 16.2 Å². The quantitative estimate of drug-likeness (QED) is 0.246. The van der Waals surface area contributed by atoms with Crippen molar-refractivity contribution in [3.63, 3.8) is 0 Å². The molecule has 0 atom stereocenters. The zero-order valence-electron chi connectivity index (χ0n) is 21.6. The molecule has 0 spiro atoms. The second-order valence-electron chi connectivity index (χ2n) is 10.2. The topological polar surface area (TPSA) is 137 Å². The van der Waals surface area contributed by atoms with E-state index < -0.39 is 0 Å². The van der Waals surface area contributed by atoms with Gasteiger partial charge in [-0.1, -0.05) is 0 Å². The van der Waals surface area contributed by atoms with Crippen LogP contribution < -0.4 is 11.5 Å². The molecule has 1 saturated heterocycles. The van der Waals surface area contributed by atoms with Gasteiger partial charge < -0.3 is 16.2 Å². The van der Waals surface area contributed by atoms with Gasteiger partial charge in [-0.05, 0) is 120 Å². The average Bonchev–Trinajstić information content (AvgIpc) is 3.13. The average molecular weight is 499 g/mol. The molecule has 0 aromatic heterocycles. The Labute approximate surface area is 215 Å². The number of nitrogen functional groups attached to an aromatic ring is 2. The molecule has 4 N–H and O–H groups in total. The Balaban J connectivity index is 0.000000221. The SMILES string of the molecule is Cc1cc(N)ccc1N.O=C1CCCCCO1.O=C=NC1CCC(CC2CCC(N=C=O)CC2)CC1. The molecule has 0 unspecified atom stereocenters. The molecule has 0 radical (unpaired) electrons. The van der Waals surface area contributed by atoms with Crippen molar-refractivity contribution in [2.45, 2.75) is 102 Å². The van der Waals surface area contributed by atoms with Crippen molar-refractivity contribution in [2.24, 2.45) is 21.8 Å². The van der Waals surface area contributed by atoms with Gasteiger partial charge in [-0.15, -0.1) is 0 Å². The number of carbonyl (C=O) groups excluding carboxylic acids is 3. The van der Waals surface area contributed by atoms with Gasteiger partial charge in [0.25, 0.3) is 0 Å². The fourth-order valence-corrected chi connectivity index (χ4v) is 5.15. The fraction of sp³-hybridized carbons (Fsp3) is 0.679. The van der Waals surface area contributed by atoms with Crippen LogP contribution in [-0.2, 0) is 19.1 Å². The molecule has 4 rings (SSSR count). The van der Waals surface area contributed by atoms with Crippen LogP contribution in [0.1, 0.15) is 89.0 Å². The number of rotatable bonds is 4. The van der Waals surface area contributed by atoms with Gasteiger partial charge in [0.2, 0.25) is 12.2 Å². The molecular formula is C28H42N4O4. The lowest BCUT2D eigenvalue weighted by molar-refractivity contribution is -0.142. The molecule has 8 heteroatoms. The third-order valence-electron chi connectivity index (χ3n) is 7.35. The molecule has 0 bridgehead atoms. The van der Waals surface area contributed by atoms with Crippen molar-refractivity contribution in [1.82, 2.24) is 0 Å². The Hall–Kier alpha value is -2.95. The summed E-state index contributed by atoms with van der Waals surface area (Å²) in [7, 11) is 0. The predicted molar refractivity (Wildman–Crippen MR) is 142 cm³/mol. The van der Waals surface area contributed by atoms with Crippen molar-refractivity contribution in [3.8, 4) is 0 Å². The fourth-order valence-electron chi connectivity index (χ4n) is 5.15. The van der Waals surface area contributed by atoms with E-state index in [1.807, 2.05) is 19.1 Å². The summed E-state index contributed by atoms with van der Waals surface area (Å²) < 4.78 is 4.76. The van der Waals surface area contributed by atoms with E-state index in [2.05, 4.69) is 9.98 Å². The maximum Gasteiger partial charge on any atom is 0.305 e. The summed E-state index contributed by atoms with van der Waals surface area (Å²) in [6, 6.07) is 5.92. The Morgan fingerprint density at radius 3 is 1.89 bits per heavy atom. The standard InChI is InChI=1S/C15H22N2O2.C7H10N2.C6H10O2/c18-10-16-14-5-1-12(2-6-14)9-13-3-7-15(8-4-13)17-11-19;1-5-4-6(8)2-3-7(5)9;7-6-4-2-1-3-5-8-6/h12-15H,1-9H2;2-4H,8-9H2,1H3;1-5H2. The number of ether oxygens (including phenoxy) is 1. The first-order valence-corrected chi connectivity index (χ1v) is 13.3. The van der Waals surface area contributed by atoms with Crippen LogP contribution in [0.3, 0.4) is 0 Å². The Morgan fingerprint density at radius 2 is 1.42 bits per heavy atom. The highest BCUT2D eigenvalue weighted by atomic mass is 16.5. The number of benzene rings is 1. The van der Waals surface area contributed by atoms with Gasteiger partial charge in [0.15, 0.2) is 0 Å². The summed E-state index contributed by atoms with van der Waals surface area (Å²) >= 11 is 0. The Kier molecular flexibility index (Phi) is 13.6. The second kappa shape index (κ2) is 16.7. The van der Waals surface area contributed by atoms with Gasteiger partial charge in [0, 0.05) is 17.8 Å². The Bertz CT molecular complexity index is 847. The van der Waals surface area contributed by atoms with E-state index >= 15 is 0 Å². The largest absolute Gasteiger partial charge is 0.466 e.